The van der Waals surface area contributed by atoms with Crippen LogP contribution in [0.15, 0.2) is 28.9 Å². The highest BCUT2D eigenvalue weighted by Gasteiger charge is 2.28. The molecule has 0 N–H and O–H groups in total. The van der Waals surface area contributed by atoms with Gasteiger partial charge in [-0.25, -0.2) is 9.02 Å². The van der Waals surface area contributed by atoms with Crippen LogP contribution in [0.25, 0.3) is 0 Å². The van der Waals surface area contributed by atoms with Gasteiger partial charge in [-0.2, -0.15) is 0 Å². The lowest BCUT2D eigenvalue weighted by Gasteiger charge is -2.36. The third kappa shape index (κ3) is 3.00. The van der Waals surface area contributed by atoms with Crippen LogP contribution < -0.4 is 0 Å². The molecular weight excluding hydrogens is 285 g/mol. The Morgan fingerprint density at radius 1 is 1.32 bits per heavy atom. The largest absolute Gasteiger partial charge is 0.335 e. The van der Waals surface area contributed by atoms with E-state index in [0.717, 1.165) is 24.8 Å². The quantitative estimate of drug-likeness (QED) is 0.875. The molecule has 1 aromatic carbocycles. The van der Waals surface area contributed by atoms with Gasteiger partial charge < -0.3 is 4.90 Å². The fourth-order valence-electron chi connectivity index (χ4n) is 2.92. The SMILES string of the molecule is Cc1nonc1CC(=O)N1CCCC[C@@H]1c1ccc(F)cc1. The number of amides is 1. The third-order valence-corrected chi connectivity index (χ3v) is 4.14. The summed E-state index contributed by atoms with van der Waals surface area (Å²) in [4.78, 5) is 14.5. The van der Waals surface area contributed by atoms with Crippen molar-refractivity contribution >= 4 is 5.91 Å². The second-order valence-electron chi connectivity index (χ2n) is 5.62. The van der Waals surface area contributed by atoms with Crippen LogP contribution in [0.5, 0.6) is 0 Å². The fourth-order valence-corrected chi connectivity index (χ4v) is 2.92. The smallest absolute Gasteiger partial charge is 0.229 e. The van der Waals surface area contributed by atoms with Crippen LogP contribution in [0.4, 0.5) is 4.39 Å². The second-order valence-corrected chi connectivity index (χ2v) is 5.62. The molecule has 0 unspecified atom stereocenters. The summed E-state index contributed by atoms with van der Waals surface area (Å²) in [5.74, 6) is -0.255. The molecule has 1 atom stereocenters. The van der Waals surface area contributed by atoms with Crippen LogP contribution in [-0.2, 0) is 11.2 Å². The molecule has 1 saturated heterocycles. The molecule has 1 aliphatic rings. The molecule has 116 valence electrons. The highest BCUT2D eigenvalue weighted by molar-refractivity contribution is 5.79. The van der Waals surface area contributed by atoms with Crippen molar-refractivity contribution in [2.45, 2.75) is 38.6 Å². The van der Waals surface area contributed by atoms with E-state index in [2.05, 4.69) is 14.9 Å². The van der Waals surface area contributed by atoms with Gasteiger partial charge in [0, 0.05) is 6.54 Å². The van der Waals surface area contributed by atoms with Crippen molar-refractivity contribution in [3.8, 4) is 0 Å². The van der Waals surface area contributed by atoms with Gasteiger partial charge in [0.1, 0.15) is 17.2 Å². The first-order chi connectivity index (χ1) is 10.6. The molecule has 0 spiro atoms. The Labute approximate surface area is 128 Å². The van der Waals surface area contributed by atoms with Gasteiger partial charge in [0.05, 0.1) is 12.5 Å². The van der Waals surface area contributed by atoms with Crippen molar-refractivity contribution in [2.24, 2.45) is 0 Å². The van der Waals surface area contributed by atoms with Crippen molar-refractivity contribution < 1.29 is 13.8 Å². The maximum absolute atomic E-state index is 13.1. The molecule has 1 amide bonds. The minimum atomic E-state index is -0.262. The summed E-state index contributed by atoms with van der Waals surface area (Å²) in [6, 6.07) is 6.40. The minimum Gasteiger partial charge on any atom is -0.335 e. The van der Waals surface area contributed by atoms with Crippen LogP contribution in [0.1, 0.15) is 42.3 Å². The number of nitrogens with zero attached hydrogens (tertiary/aromatic N) is 3. The lowest BCUT2D eigenvalue weighted by molar-refractivity contribution is -0.134. The zero-order valence-electron chi connectivity index (χ0n) is 12.5. The van der Waals surface area contributed by atoms with E-state index in [0.29, 0.717) is 17.9 Å². The first kappa shape index (κ1) is 14.7. The molecule has 1 aromatic heterocycles. The molecule has 0 aliphatic carbocycles. The van der Waals surface area contributed by atoms with Crippen molar-refractivity contribution in [1.82, 2.24) is 15.2 Å². The molecule has 2 heterocycles. The lowest BCUT2D eigenvalue weighted by Crippen LogP contribution is -2.39. The zero-order valence-corrected chi connectivity index (χ0v) is 12.5. The Bertz CT molecular complexity index is 654. The van der Waals surface area contributed by atoms with E-state index in [1.807, 2.05) is 4.90 Å². The number of aryl methyl sites for hydroxylation is 1. The predicted octanol–water partition coefficient (Wildman–Crippen LogP) is 2.81. The number of halogens is 1. The monoisotopic (exact) mass is 303 g/mol. The summed E-state index contributed by atoms with van der Waals surface area (Å²) in [6.45, 7) is 2.48. The summed E-state index contributed by atoms with van der Waals surface area (Å²) >= 11 is 0. The molecule has 1 fully saturated rings. The van der Waals surface area contributed by atoms with Gasteiger partial charge in [-0.05, 0) is 43.9 Å². The molecular formula is C16H18FN3O2. The first-order valence-electron chi connectivity index (χ1n) is 7.48. The molecule has 2 aromatic rings. The third-order valence-electron chi connectivity index (χ3n) is 4.14. The summed E-state index contributed by atoms with van der Waals surface area (Å²) in [6.07, 6.45) is 3.14. The average molecular weight is 303 g/mol. The van der Waals surface area contributed by atoms with Gasteiger partial charge in [0.2, 0.25) is 5.91 Å². The highest BCUT2D eigenvalue weighted by Crippen LogP contribution is 2.31. The molecule has 0 bridgehead atoms. The van der Waals surface area contributed by atoms with Gasteiger partial charge in [-0.15, -0.1) is 0 Å². The van der Waals surface area contributed by atoms with Crippen LogP contribution in [0, 0.1) is 12.7 Å². The average Bonchev–Trinajstić information content (AvgIpc) is 2.93. The first-order valence-corrected chi connectivity index (χ1v) is 7.48. The normalized spacial score (nSPS) is 18.5. The Morgan fingerprint density at radius 2 is 2.09 bits per heavy atom. The lowest BCUT2D eigenvalue weighted by atomic mass is 9.94. The van der Waals surface area contributed by atoms with Crippen LogP contribution in [0.2, 0.25) is 0 Å². The highest BCUT2D eigenvalue weighted by atomic mass is 19.1. The number of rotatable bonds is 3. The number of piperidine rings is 1. The summed E-state index contributed by atoms with van der Waals surface area (Å²) < 4.78 is 17.7. The van der Waals surface area contributed by atoms with Gasteiger partial charge in [0.15, 0.2) is 0 Å². The summed E-state index contributed by atoms with van der Waals surface area (Å²) in [7, 11) is 0. The van der Waals surface area contributed by atoms with Gasteiger partial charge in [0.25, 0.3) is 0 Å². The van der Waals surface area contributed by atoms with Crippen LogP contribution in [0.3, 0.4) is 0 Å². The van der Waals surface area contributed by atoms with Crippen molar-refractivity contribution in [3.63, 3.8) is 0 Å². The van der Waals surface area contributed by atoms with Gasteiger partial charge in [-0.3, -0.25) is 4.79 Å². The maximum Gasteiger partial charge on any atom is 0.229 e. The summed E-state index contributed by atoms with van der Waals surface area (Å²) in [5.41, 5.74) is 2.20. The van der Waals surface area contributed by atoms with Crippen molar-refractivity contribution in [2.75, 3.05) is 6.54 Å². The molecule has 0 radical (unpaired) electrons. The fraction of sp³-hybridized carbons (Fsp3) is 0.438. The van der Waals surface area contributed by atoms with Crippen LogP contribution in [-0.4, -0.2) is 27.7 Å². The van der Waals surface area contributed by atoms with E-state index in [1.165, 1.54) is 12.1 Å². The van der Waals surface area contributed by atoms with Crippen molar-refractivity contribution in [1.29, 1.82) is 0 Å². The van der Waals surface area contributed by atoms with E-state index in [-0.39, 0.29) is 24.2 Å². The minimum absolute atomic E-state index is 0.00187. The Balaban J connectivity index is 1.78. The van der Waals surface area contributed by atoms with Gasteiger partial charge in [-0.1, -0.05) is 22.4 Å². The van der Waals surface area contributed by atoms with E-state index < -0.39 is 0 Å². The predicted molar refractivity (Wildman–Crippen MR) is 77.4 cm³/mol. The van der Waals surface area contributed by atoms with E-state index in [9.17, 15) is 9.18 Å². The van der Waals surface area contributed by atoms with Crippen molar-refractivity contribution in [3.05, 3.63) is 47.0 Å². The summed E-state index contributed by atoms with van der Waals surface area (Å²) in [5, 5.41) is 7.48. The second kappa shape index (κ2) is 6.25. The van der Waals surface area contributed by atoms with Gasteiger partial charge >= 0.3 is 0 Å². The van der Waals surface area contributed by atoms with Crippen LogP contribution >= 0.6 is 0 Å². The molecule has 6 heteroatoms. The topological polar surface area (TPSA) is 59.2 Å². The Hall–Kier alpha value is -2.24. The number of hydrogen-bond acceptors (Lipinski definition) is 4. The molecule has 3 rings (SSSR count). The molecule has 0 saturated carbocycles. The molecule has 5 nitrogen and oxygen atoms in total. The molecule has 1 aliphatic heterocycles. The standard InChI is InChI=1S/C16H18FN3O2/c1-11-14(19-22-18-11)10-16(21)20-9-3-2-4-15(20)12-5-7-13(17)8-6-12/h5-8,15H,2-4,9-10H2,1H3/t15-/m1/s1. The number of hydrogen-bond donors (Lipinski definition) is 0. The Morgan fingerprint density at radius 3 is 2.77 bits per heavy atom. The Kier molecular flexibility index (Phi) is 4.18. The molecule has 22 heavy (non-hydrogen) atoms. The van der Waals surface area contributed by atoms with E-state index in [1.54, 1.807) is 19.1 Å². The van der Waals surface area contributed by atoms with E-state index >= 15 is 0 Å². The number of benzene rings is 1. The number of carbonyl (C=O) groups is 1. The number of likely N-dealkylation sites (tertiary alicyclic amines) is 1. The van der Waals surface area contributed by atoms with E-state index in [4.69, 9.17) is 0 Å². The number of carbonyl (C=O) groups excluding carboxylic acids is 1. The zero-order chi connectivity index (χ0) is 15.5. The number of aromatic nitrogens is 2. The maximum atomic E-state index is 13.1.